The molecule has 5 heteroatoms. The van der Waals surface area contributed by atoms with Crippen molar-refractivity contribution in [3.63, 3.8) is 0 Å². The van der Waals surface area contributed by atoms with Crippen LogP contribution in [-0.4, -0.2) is 26.0 Å². The summed E-state index contributed by atoms with van der Waals surface area (Å²) in [4.78, 5) is 0. The summed E-state index contributed by atoms with van der Waals surface area (Å²) in [5.74, 6) is 1.02. The molecule has 1 aromatic rings. The lowest BCUT2D eigenvalue weighted by Crippen LogP contribution is -2.17. The number of hydrogen-bond acceptors (Lipinski definition) is 3. The Morgan fingerprint density at radius 3 is 2.47 bits per heavy atom. The normalized spacial score (nSPS) is 23.9. The highest BCUT2D eigenvalue weighted by atomic mass is 35.5. The van der Waals surface area contributed by atoms with Crippen molar-refractivity contribution in [2.75, 3.05) is 11.5 Å². The Bertz CT molecular complexity index is 438. The van der Waals surface area contributed by atoms with Crippen LogP contribution in [-0.2, 0) is 9.84 Å². The molecule has 1 aromatic carbocycles. The fraction of sp³-hybridized carbons (Fsp3) is 0.400. The highest BCUT2D eigenvalue weighted by Gasteiger charge is 2.29. The lowest BCUT2D eigenvalue weighted by Gasteiger charge is -2.11. The van der Waals surface area contributed by atoms with E-state index in [1.807, 2.05) is 0 Å². The van der Waals surface area contributed by atoms with Gasteiger partial charge < -0.3 is 4.74 Å². The van der Waals surface area contributed by atoms with E-state index in [1.165, 1.54) is 0 Å². The van der Waals surface area contributed by atoms with Crippen molar-refractivity contribution in [1.82, 2.24) is 0 Å². The summed E-state index contributed by atoms with van der Waals surface area (Å²) in [6.45, 7) is 0. The third-order valence-electron chi connectivity index (χ3n) is 2.31. The number of ether oxygens (including phenoxy) is 1. The Hall–Kier alpha value is -0.740. The zero-order valence-electron chi connectivity index (χ0n) is 8.02. The summed E-state index contributed by atoms with van der Waals surface area (Å²) in [5.41, 5.74) is 0. The second kappa shape index (κ2) is 4.02. The summed E-state index contributed by atoms with van der Waals surface area (Å²) >= 11 is 5.72. The van der Waals surface area contributed by atoms with Gasteiger partial charge >= 0.3 is 0 Å². The maximum absolute atomic E-state index is 11.2. The first kappa shape index (κ1) is 10.8. The molecule has 1 fully saturated rings. The number of benzene rings is 1. The lowest BCUT2D eigenvalue weighted by molar-refractivity contribution is 0.229. The predicted octanol–water partition coefficient (Wildman–Crippen LogP) is 1.91. The minimum absolute atomic E-state index is 0.121. The van der Waals surface area contributed by atoms with Crippen LogP contribution >= 0.6 is 11.6 Å². The van der Waals surface area contributed by atoms with Crippen molar-refractivity contribution in [3.8, 4) is 5.75 Å². The minimum Gasteiger partial charge on any atom is -0.489 e. The first-order valence-corrected chi connectivity index (χ1v) is 6.88. The second-order valence-electron chi connectivity index (χ2n) is 3.60. The quantitative estimate of drug-likeness (QED) is 0.801. The highest BCUT2D eigenvalue weighted by Crippen LogP contribution is 2.21. The molecule has 3 nitrogen and oxygen atoms in total. The molecule has 0 spiro atoms. The van der Waals surface area contributed by atoms with Crippen LogP contribution in [0.1, 0.15) is 6.42 Å². The third-order valence-corrected chi connectivity index (χ3v) is 4.30. The smallest absolute Gasteiger partial charge is 0.154 e. The van der Waals surface area contributed by atoms with E-state index in [4.69, 9.17) is 16.3 Å². The van der Waals surface area contributed by atoms with Crippen LogP contribution in [0.25, 0.3) is 0 Å². The first-order valence-electron chi connectivity index (χ1n) is 4.68. The molecule has 0 saturated carbocycles. The predicted molar refractivity (Wildman–Crippen MR) is 59.1 cm³/mol. The van der Waals surface area contributed by atoms with Gasteiger partial charge in [0.15, 0.2) is 9.84 Å². The van der Waals surface area contributed by atoms with Crippen LogP contribution in [0.2, 0.25) is 5.02 Å². The number of sulfone groups is 1. The van der Waals surface area contributed by atoms with Crippen LogP contribution in [0.3, 0.4) is 0 Å². The largest absolute Gasteiger partial charge is 0.489 e. The monoisotopic (exact) mass is 246 g/mol. The van der Waals surface area contributed by atoms with Gasteiger partial charge in [-0.25, -0.2) is 8.42 Å². The van der Waals surface area contributed by atoms with Gasteiger partial charge in [-0.15, -0.1) is 0 Å². The van der Waals surface area contributed by atoms with Gasteiger partial charge in [0.1, 0.15) is 11.9 Å². The second-order valence-corrected chi connectivity index (χ2v) is 6.26. The average molecular weight is 247 g/mol. The van der Waals surface area contributed by atoms with Crippen molar-refractivity contribution in [1.29, 1.82) is 0 Å². The molecule has 1 aliphatic rings. The molecule has 1 unspecified atom stereocenters. The molecule has 2 rings (SSSR count). The molecule has 0 amide bonds. The molecule has 0 N–H and O–H groups in total. The van der Waals surface area contributed by atoms with Gasteiger partial charge in [-0.3, -0.25) is 0 Å². The zero-order valence-corrected chi connectivity index (χ0v) is 9.59. The Morgan fingerprint density at radius 1 is 1.27 bits per heavy atom. The summed E-state index contributed by atoms with van der Waals surface area (Å²) in [6.07, 6.45) is 0.362. The molecule has 0 radical (unpaired) electrons. The summed E-state index contributed by atoms with van der Waals surface area (Å²) in [7, 11) is -2.87. The van der Waals surface area contributed by atoms with Gasteiger partial charge in [0.2, 0.25) is 0 Å². The van der Waals surface area contributed by atoms with Gasteiger partial charge in [-0.05, 0) is 30.7 Å². The number of halogens is 1. The standard InChI is InChI=1S/C10H11ClO3S/c11-8-1-3-9(4-2-8)14-10-5-6-15(12,13)7-10/h1-4,10H,5-7H2. The summed E-state index contributed by atoms with van der Waals surface area (Å²) in [5, 5.41) is 0.640. The summed E-state index contributed by atoms with van der Waals surface area (Å²) in [6, 6.07) is 6.93. The average Bonchev–Trinajstić information content (AvgIpc) is 2.50. The summed E-state index contributed by atoms with van der Waals surface area (Å²) < 4.78 is 27.9. The lowest BCUT2D eigenvalue weighted by atomic mass is 10.3. The first-order chi connectivity index (χ1) is 7.05. The van der Waals surface area contributed by atoms with Crippen molar-refractivity contribution < 1.29 is 13.2 Å². The third kappa shape index (κ3) is 2.86. The SMILES string of the molecule is O=S1(=O)CCC(Oc2ccc(Cl)cc2)C1. The Morgan fingerprint density at radius 2 is 1.93 bits per heavy atom. The van der Waals surface area contributed by atoms with E-state index < -0.39 is 9.84 Å². The molecule has 0 aliphatic carbocycles. The van der Waals surface area contributed by atoms with E-state index in [1.54, 1.807) is 24.3 Å². The molecule has 0 aromatic heterocycles. The topological polar surface area (TPSA) is 43.4 Å². The van der Waals surface area contributed by atoms with Crippen LogP contribution in [0.15, 0.2) is 24.3 Å². The van der Waals surface area contributed by atoms with E-state index in [9.17, 15) is 8.42 Å². The van der Waals surface area contributed by atoms with Crippen molar-refractivity contribution in [3.05, 3.63) is 29.3 Å². The highest BCUT2D eigenvalue weighted by molar-refractivity contribution is 7.91. The number of hydrogen-bond donors (Lipinski definition) is 0. The number of rotatable bonds is 2. The molecule has 0 bridgehead atoms. The molecule has 1 aliphatic heterocycles. The van der Waals surface area contributed by atoms with Crippen LogP contribution in [0, 0.1) is 0 Å². The van der Waals surface area contributed by atoms with E-state index in [0.717, 1.165) is 0 Å². The molecule has 1 heterocycles. The van der Waals surface area contributed by atoms with Crippen LogP contribution in [0.5, 0.6) is 5.75 Å². The molecular weight excluding hydrogens is 236 g/mol. The van der Waals surface area contributed by atoms with Crippen molar-refractivity contribution in [2.24, 2.45) is 0 Å². The maximum atomic E-state index is 11.2. The van der Waals surface area contributed by atoms with Crippen LogP contribution < -0.4 is 4.74 Å². The van der Waals surface area contributed by atoms with Gasteiger partial charge in [0.25, 0.3) is 0 Å². The van der Waals surface area contributed by atoms with Gasteiger partial charge in [-0.2, -0.15) is 0 Å². The van der Waals surface area contributed by atoms with E-state index in [0.29, 0.717) is 17.2 Å². The maximum Gasteiger partial charge on any atom is 0.154 e. The Kier molecular flexibility index (Phi) is 2.89. The van der Waals surface area contributed by atoms with E-state index >= 15 is 0 Å². The molecule has 1 saturated heterocycles. The van der Waals surface area contributed by atoms with Crippen molar-refractivity contribution >= 4 is 21.4 Å². The van der Waals surface area contributed by atoms with E-state index in [2.05, 4.69) is 0 Å². The van der Waals surface area contributed by atoms with Gasteiger partial charge in [0, 0.05) is 5.02 Å². The fourth-order valence-corrected chi connectivity index (χ4v) is 3.28. The van der Waals surface area contributed by atoms with Gasteiger partial charge in [0.05, 0.1) is 11.5 Å². The van der Waals surface area contributed by atoms with Crippen molar-refractivity contribution in [2.45, 2.75) is 12.5 Å². The molecule has 1 atom stereocenters. The molecule has 82 valence electrons. The minimum atomic E-state index is -2.87. The molecule has 15 heavy (non-hydrogen) atoms. The Labute approximate surface area is 93.9 Å². The fourth-order valence-electron chi connectivity index (χ4n) is 1.56. The van der Waals surface area contributed by atoms with Crippen LogP contribution in [0.4, 0.5) is 0 Å². The Balaban J connectivity index is 2.02. The van der Waals surface area contributed by atoms with Gasteiger partial charge in [-0.1, -0.05) is 11.6 Å². The van der Waals surface area contributed by atoms with E-state index in [-0.39, 0.29) is 17.6 Å². The molecular formula is C10H11ClO3S. The zero-order chi connectivity index (χ0) is 10.9.